The van der Waals surface area contributed by atoms with Crippen LogP contribution >= 0.6 is 34.2 Å². The molecule has 0 aromatic rings. The molecule has 0 bridgehead atoms. The molecule has 1 unspecified atom stereocenters. The van der Waals surface area contributed by atoms with Crippen LogP contribution in [0.15, 0.2) is 35.4 Å². The summed E-state index contributed by atoms with van der Waals surface area (Å²) in [7, 11) is 0. The van der Waals surface area contributed by atoms with Gasteiger partial charge in [0.2, 0.25) is 0 Å². The van der Waals surface area contributed by atoms with Crippen molar-refractivity contribution in [3.8, 4) is 0 Å². The van der Waals surface area contributed by atoms with E-state index in [0.717, 1.165) is 0 Å². The van der Waals surface area contributed by atoms with Gasteiger partial charge in [-0.2, -0.15) is 0 Å². The third-order valence-corrected chi connectivity index (χ3v) is 3.30. The molecule has 0 radical (unpaired) electrons. The lowest BCUT2D eigenvalue weighted by Crippen LogP contribution is -2.28. The molecule has 0 N–H and O–H groups in total. The highest BCUT2D eigenvalue weighted by molar-refractivity contribution is 14.1. The summed E-state index contributed by atoms with van der Waals surface area (Å²) in [4.78, 5) is 11.6. The van der Waals surface area contributed by atoms with Crippen molar-refractivity contribution in [3.05, 3.63) is 35.4 Å². The van der Waals surface area contributed by atoms with Crippen LogP contribution in [-0.4, -0.2) is 9.20 Å². The zero-order valence-corrected chi connectivity index (χ0v) is 10.2. The highest BCUT2D eigenvalue weighted by Crippen LogP contribution is 2.33. The molecule has 1 nitrogen and oxygen atoms in total. The summed E-state index contributed by atoms with van der Waals surface area (Å²) in [5.41, 5.74) is 0. The van der Waals surface area contributed by atoms with E-state index in [-0.39, 0.29) is 5.78 Å². The van der Waals surface area contributed by atoms with Gasteiger partial charge in [0, 0.05) is 5.03 Å². The molecule has 0 saturated heterocycles. The smallest absolute Gasteiger partial charge is 0.175 e. The lowest BCUT2D eigenvalue weighted by Gasteiger charge is -2.21. The molecular formula is C10H10ClIO. The second kappa shape index (κ2) is 4.42. The maximum absolute atomic E-state index is 11.6. The van der Waals surface area contributed by atoms with Crippen LogP contribution in [0.4, 0.5) is 0 Å². The number of rotatable bonds is 2. The number of ketones is 1. The Morgan fingerprint density at radius 2 is 2.46 bits per heavy atom. The van der Waals surface area contributed by atoms with Crippen molar-refractivity contribution in [1.82, 2.24) is 0 Å². The van der Waals surface area contributed by atoms with Crippen LogP contribution in [0.1, 0.15) is 13.3 Å². The average Bonchev–Trinajstić information content (AvgIpc) is 2.04. The number of hydrogen-bond donors (Lipinski definition) is 0. The molecular weight excluding hydrogens is 298 g/mol. The molecule has 13 heavy (non-hydrogen) atoms. The number of hydrogen-bond acceptors (Lipinski definition) is 1. The van der Waals surface area contributed by atoms with Gasteiger partial charge >= 0.3 is 0 Å². The van der Waals surface area contributed by atoms with E-state index in [1.807, 2.05) is 19.1 Å². The standard InChI is InChI=1S/C10H10ClIO/c1-2-4-9(13)10(12)6-3-5-8(11)7-10/h2-5,7H,6H2,1H3/b4-2+. The van der Waals surface area contributed by atoms with Crippen LogP contribution in [0.25, 0.3) is 0 Å². The first-order chi connectivity index (χ1) is 6.08. The Balaban J connectivity index is 2.90. The molecule has 0 aromatic heterocycles. The summed E-state index contributed by atoms with van der Waals surface area (Å²) < 4.78 is -0.476. The van der Waals surface area contributed by atoms with Gasteiger partial charge in [0.05, 0.1) is 0 Å². The van der Waals surface area contributed by atoms with E-state index in [2.05, 4.69) is 22.6 Å². The van der Waals surface area contributed by atoms with Gasteiger partial charge in [-0.1, -0.05) is 46.3 Å². The van der Waals surface area contributed by atoms with Crippen molar-refractivity contribution < 1.29 is 4.79 Å². The van der Waals surface area contributed by atoms with Crippen molar-refractivity contribution in [2.45, 2.75) is 16.8 Å². The molecule has 0 aliphatic heterocycles. The first-order valence-corrected chi connectivity index (χ1v) is 5.45. The topological polar surface area (TPSA) is 17.1 Å². The SMILES string of the molecule is C/C=C/C(=O)C1(I)C=C(Cl)C=CC1. The Hall–Kier alpha value is -0.0900. The quantitative estimate of drug-likeness (QED) is 0.434. The molecule has 0 spiro atoms. The first kappa shape index (κ1) is 11.0. The molecule has 70 valence electrons. The molecule has 0 saturated carbocycles. The van der Waals surface area contributed by atoms with Gasteiger partial charge in [-0.05, 0) is 31.6 Å². The summed E-state index contributed by atoms with van der Waals surface area (Å²) in [6, 6.07) is 0. The van der Waals surface area contributed by atoms with Crippen molar-refractivity contribution in [1.29, 1.82) is 0 Å². The van der Waals surface area contributed by atoms with Gasteiger partial charge in [0.1, 0.15) is 3.42 Å². The molecule has 1 rings (SSSR count). The fraction of sp³-hybridized carbons (Fsp3) is 0.300. The summed E-state index contributed by atoms with van der Waals surface area (Å²) in [6.07, 6.45) is 9.61. The zero-order chi connectivity index (χ0) is 9.90. The first-order valence-electron chi connectivity index (χ1n) is 3.99. The summed E-state index contributed by atoms with van der Waals surface area (Å²) in [6.45, 7) is 1.84. The predicted octanol–water partition coefficient (Wildman–Crippen LogP) is 3.39. The summed E-state index contributed by atoms with van der Waals surface area (Å²) in [5, 5.41) is 0.638. The summed E-state index contributed by atoms with van der Waals surface area (Å²) in [5.74, 6) is 0.0955. The van der Waals surface area contributed by atoms with Crippen molar-refractivity contribution in [3.63, 3.8) is 0 Å². The van der Waals surface area contributed by atoms with Crippen molar-refractivity contribution in [2.75, 3.05) is 0 Å². The molecule has 0 heterocycles. The van der Waals surface area contributed by atoms with Crippen LogP contribution < -0.4 is 0 Å². The molecule has 1 atom stereocenters. The van der Waals surface area contributed by atoms with E-state index in [9.17, 15) is 4.79 Å². The average molecular weight is 309 g/mol. The van der Waals surface area contributed by atoms with Crippen molar-refractivity contribution >= 4 is 40.0 Å². The highest BCUT2D eigenvalue weighted by Gasteiger charge is 2.31. The monoisotopic (exact) mass is 308 g/mol. The fourth-order valence-corrected chi connectivity index (χ4v) is 2.36. The third kappa shape index (κ3) is 2.68. The summed E-state index contributed by atoms with van der Waals surface area (Å²) >= 11 is 7.98. The van der Waals surface area contributed by atoms with E-state index in [4.69, 9.17) is 11.6 Å². The maximum Gasteiger partial charge on any atom is 0.175 e. The maximum atomic E-state index is 11.6. The molecule has 0 aromatic carbocycles. The number of carbonyl (C=O) groups excluding carboxylic acids is 1. The van der Waals surface area contributed by atoms with Crippen LogP contribution in [0.5, 0.6) is 0 Å². The van der Waals surface area contributed by atoms with E-state index in [1.165, 1.54) is 0 Å². The predicted molar refractivity (Wildman–Crippen MR) is 64.3 cm³/mol. The van der Waals surface area contributed by atoms with Gasteiger partial charge < -0.3 is 0 Å². The molecule has 0 fully saturated rings. The van der Waals surface area contributed by atoms with Crippen molar-refractivity contribution in [2.24, 2.45) is 0 Å². The molecule has 3 heteroatoms. The van der Waals surface area contributed by atoms with Crippen LogP contribution in [0, 0.1) is 0 Å². The number of carbonyl (C=O) groups is 1. The van der Waals surface area contributed by atoms with E-state index in [1.54, 1.807) is 18.2 Å². The largest absolute Gasteiger partial charge is 0.293 e. The van der Waals surface area contributed by atoms with Crippen LogP contribution in [0.3, 0.4) is 0 Å². The molecule has 1 aliphatic rings. The van der Waals surface area contributed by atoms with Gasteiger partial charge in [0.25, 0.3) is 0 Å². The van der Waals surface area contributed by atoms with Gasteiger partial charge in [-0.25, -0.2) is 0 Å². The minimum absolute atomic E-state index is 0.0955. The lowest BCUT2D eigenvalue weighted by atomic mass is 9.96. The second-order valence-electron chi connectivity index (χ2n) is 2.86. The van der Waals surface area contributed by atoms with E-state index >= 15 is 0 Å². The molecule has 0 amide bonds. The van der Waals surface area contributed by atoms with Crippen LogP contribution in [0.2, 0.25) is 0 Å². The number of halogens is 2. The Morgan fingerprint density at radius 1 is 1.77 bits per heavy atom. The third-order valence-electron chi connectivity index (χ3n) is 1.79. The Morgan fingerprint density at radius 3 is 3.00 bits per heavy atom. The van der Waals surface area contributed by atoms with E-state index < -0.39 is 3.42 Å². The minimum Gasteiger partial charge on any atom is -0.293 e. The Kier molecular flexibility index (Phi) is 3.74. The van der Waals surface area contributed by atoms with Gasteiger partial charge in [-0.15, -0.1) is 0 Å². The van der Waals surface area contributed by atoms with E-state index in [0.29, 0.717) is 11.5 Å². The lowest BCUT2D eigenvalue weighted by molar-refractivity contribution is -0.115. The highest BCUT2D eigenvalue weighted by atomic mass is 127. The second-order valence-corrected chi connectivity index (χ2v) is 5.22. The van der Waals surface area contributed by atoms with Crippen LogP contribution in [-0.2, 0) is 4.79 Å². The number of allylic oxidation sites excluding steroid dienone is 6. The fourth-order valence-electron chi connectivity index (χ4n) is 1.13. The van der Waals surface area contributed by atoms with Gasteiger partial charge in [0.15, 0.2) is 5.78 Å². The normalized spacial score (nSPS) is 27.8. The van der Waals surface area contributed by atoms with Gasteiger partial charge in [-0.3, -0.25) is 4.79 Å². The number of alkyl halides is 1. The Labute approximate surface area is 96.7 Å². The Bertz CT molecular complexity index is 304. The zero-order valence-electron chi connectivity index (χ0n) is 7.26. The minimum atomic E-state index is -0.476. The molecule has 1 aliphatic carbocycles.